The van der Waals surface area contributed by atoms with Crippen LogP contribution in [0.2, 0.25) is 0 Å². The van der Waals surface area contributed by atoms with Gasteiger partial charge in [-0.15, -0.1) is 0 Å². The fourth-order valence-corrected chi connectivity index (χ4v) is 3.26. The summed E-state index contributed by atoms with van der Waals surface area (Å²) in [5, 5.41) is 2.82. The molecule has 32 heavy (non-hydrogen) atoms. The van der Waals surface area contributed by atoms with Gasteiger partial charge >= 0.3 is 0 Å². The highest BCUT2D eigenvalue weighted by Crippen LogP contribution is 2.27. The number of hydrogen-bond donors (Lipinski definition) is 1. The van der Waals surface area contributed by atoms with Crippen LogP contribution in [-0.4, -0.2) is 10.9 Å². The molecule has 0 saturated heterocycles. The Morgan fingerprint density at radius 2 is 1.47 bits per heavy atom. The molecule has 0 atom stereocenters. The van der Waals surface area contributed by atoms with Gasteiger partial charge in [0.25, 0.3) is 0 Å². The molecule has 0 unspecified atom stereocenters. The Labute approximate surface area is 188 Å². The zero-order valence-corrected chi connectivity index (χ0v) is 17.8. The minimum Gasteiger partial charge on any atom is -0.465 e. The summed E-state index contributed by atoms with van der Waals surface area (Å²) in [7, 11) is 0. The first-order valence-electron chi connectivity index (χ1n) is 10.5. The van der Waals surface area contributed by atoms with Gasteiger partial charge in [-0.1, -0.05) is 90.5 Å². The summed E-state index contributed by atoms with van der Waals surface area (Å²) in [4.78, 5) is 16.6. The lowest BCUT2D eigenvalue weighted by Crippen LogP contribution is -2.11. The molecule has 158 valence electrons. The first-order chi connectivity index (χ1) is 15.7. The number of carbonyl (C=O) groups excluding carboxylic acids is 1. The van der Waals surface area contributed by atoms with E-state index in [1.165, 1.54) is 11.6 Å². The molecule has 0 aliphatic carbocycles. The Balaban J connectivity index is 1.43. The number of nitrogens with one attached hydrogen (secondary N) is 1. The van der Waals surface area contributed by atoms with E-state index in [0.717, 1.165) is 16.7 Å². The van der Waals surface area contributed by atoms with E-state index < -0.39 is 0 Å². The molecule has 0 saturated carbocycles. The van der Waals surface area contributed by atoms with Crippen LogP contribution >= 0.6 is 0 Å². The van der Waals surface area contributed by atoms with E-state index in [1.54, 1.807) is 24.4 Å². The van der Waals surface area contributed by atoms with Crippen molar-refractivity contribution in [3.05, 3.63) is 132 Å². The maximum absolute atomic E-state index is 12.2. The van der Waals surface area contributed by atoms with Crippen LogP contribution in [0.4, 0.5) is 5.69 Å². The van der Waals surface area contributed by atoms with E-state index in [1.807, 2.05) is 91.9 Å². The number of amides is 1. The third-order valence-electron chi connectivity index (χ3n) is 4.95. The fraction of sp³-hybridized carbons (Fsp3) is 0.0714. The quantitative estimate of drug-likeness (QED) is 0.362. The molecular formula is C28H24N2O2. The monoisotopic (exact) mass is 420 g/mol. The first kappa shape index (κ1) is 21.1. The summed E-state index contributed by atoms with van der Waals surface area (Å²) in [5.41, 5.74) is 4.84. The smallest absolute Gasteiger partial charge is 0.248 e. The van der Waals surface area contributed by atoms with Crippen molar-refractivity contribution in [3.8, 4) is 5.88 Å². The molecule has 0 aliphatic rings. The van der Waals surface area contributed by atoms with Gasteiger partial charge in [0.2, 0.25) is 11.8 Å². The van der Waals surface area contributed by atoms with Crippen LogP contribution in [0.3, 0.4) is 0 Å². The zero-order chi connectivity index (χ0) is 22.2. The summed E-state index contributed by atoms with van der Waals surface area (Å²) in [6.07, 6.45) is 4.61. The lowest BCUT2D eigenvalue weighted by Gasteiger charge is -2.19. The topological polar surface area (TPSA) is 51.2 Å². The van der Waals surface area contributed by atoms with Crippen LogP contribution in [0.25, 0.3) is 6.08 Å². The number of aromatic nitrogens is 1. The third kappa shape index (κ3) is 5.70. The van der Waals surface area contributed by atoms with Crippen LogP contribution in [0.15, 0.2) is 109 Å². The van der Waals surface area contributed by atoms with Crippen molar-refractivity contribution in [2.45, 2.75) is 13.0 Å². The number of ether oxygens (including phenoxy) is 1. The van der Waals surface area contributed by atoms with Crippen LogP contribution in [0.5, 0.6) is 5.88 Å². The summed E-state index contributed by atoms with van der Waals surface area (Å²) in [5.74, 6) is 0.267. The summed E-state index contributed by atoms with van der Waals surface area (Å²) >= 11 is 0. The van der Waals surface area contributed by atoms with E-state index in [-0.39, 0.29) is 12.0 Å². The molecule has 0 aliphatic heterocycles. The van der Waals surface area contributed by atoms with Crippen molar-refractivity contribution >= 4 is 17.7 Å². The minimum absolute atomic E-state index is 0.215. The number of anilines is 1. The Bertz CT molecular complexity index is 1130. The van der Waals surface area contributed by atoms with Crippen LogP contribution < -0.4 is 10.1 Å². The van der Waals surface area contributed by atoms with E-state index in [9.17, 15) is 4.79 Å². The lowest BCUT2D eigenvalue weighted by atomic mass is 10.0. The predicted octanol–water partition coefficient (Wildman–Crippen LogP) is 6.21. The number of carbonyl (C=O) groups is 1. The van der Waals surface area contributed by atoms with Gasteiger partial charge in [-0.2, -0.15) is 0 Å². The number of pyridine rings is 1. The maximum Gasteiger partial charge on any atom is 0.248 e. The van der Waals surface area contributed by atoms with E-state index >= 15 is 0 Å². The normalized spacial score (nSPS) is 10.9. The number of hydrogen-bond acceptors (Lipinski definition) is 3. The molecule has 0 spiro atoms. The largest absolute Gasteiger partial charge is 0.465 e. The van der Waals surface area contributed by atoms with Gasteiger partial charge in [-0.05, 0) is 35.8 Å². The molecule has 4 nitrogen and oxygen atoms in total. The molecule has 0 radical (unpaired) electrons. The molecule has 1 aromatic heterocycles. The second-order valence-electron chi connectivity index (χ2n) is 7.44. The summed E-state index contributed by atoms with van der Waals surface area (Å²) in [6, 6.07) is 31.6. The van der Waals surface area contributed by atoms with E-state index in [0.29, 0.717) is 11.6 Å². The van der Waals surface area contributed by atoms with Gasteiger partial charge in [0.05, 0.1) is 11.9 Å². The lowest BCUT2D eigenvalue weighted by molar-refractivity contribution is -0.111. The number of rotatable bonds is 7. The van der Waals surface area contributed by atoms with E-state index in [2.05, 4.69) is 10.3 Å². The van der Waals surface area contributed by atoms with Crippen LogP contribution in [0.1, 0.15) is 28.4 Å². The highest BCUT2D eigenvalue weighted by atomic mass is 16.5. The van der Waals surface area contributed by atoms with Crippen molar-refractivity contribution in [2.75, 3.05) is 5.32 Å². The van der Waals surface area contributed by atoms with Gasteiger partial charge < -0.3 is 10.1 Å². The molecule has 1 N–H and O–H groups in total. The average molecular weight is 421 g/mol. The van der Waals surface area contributed by atoms with Gasteiger partial charge in [0, 0.05) is 12.1 Å². The van der Waals surface area contributed by atoms with Crippen molar-refractivity contribution in [3.63, 3.8) is 0 Å². The van der Waals surface area contributed by atoms with Crippen LogP contribution in [-0.2, 0) is 4.79 Å². The van der Waals surface area contributed by atoms with Crippen molar-refractivity contribution < 1.29 is 9.53 Å². The molecular weight excluding hydrogens is 396 g/mol. The summed E-state index contributed by atoms with van der Waals surface area (Å²) in [6.45, 7) is 2.03. The molecule has 3 aromatic carbocycles. The highest BCUT2D eigenvalue weighted by Gasteiger charge is 2.16. The molecule has 0 fully saturated rings. The van der Waals surface area contributed by atoms with Gasteiger partial charge in [-0.3, -0.25) is 4.79 Å². The Morgan fingerprint density at radius 1 is 0.844 bits per heavy atom. The Kier molecular flexibility index (Phi) is 6.73. The van der Waals surface area contributed by atoms with Crippen LogP contribution in [0, 0.1) is 6.92 Å². The van der Waals surface area contributed by atoms with Gasteiger partial charge in [-0.25, -0.2) is 4.98 Å². The molecule has 1 heterocycles. The van der Waals surface area contributed by atoms with Crippen molar-refractivity contribution in [1.29, 1.82) is 0 Å². The second kappa shape index (κ2) is 10.2. The zero-order valence-electron chi connectivity index (χ0n) is 17.8. The van der Waals surface area contributed by atoms with Gasteiger partial charge in [0.1, 0.15) is 0 Å². The third-order valence-corrected chi connectivity index (χ3v) is 4.95. The fourth-order valence-electron chi connectivity index (χ4n) is 3.26. The first-order valence-corrected chi connectivity index (χ1v) is 10.5. The summed E-state index contributed by atoms with van der Waals surface area (Å²) < 4.78 is 6.22. The average Bonchev–Trinajstić information content (AvgIpc) is 2.84. The standard InChI is InChI=1S/C28H24N2O2/c1-21-12-14-22(15-13-21)16-18-26(31)30-25-17-19-27(29-20-25)32-28(23-8-4-2-5-9-23)24-10-6-3-7-11-24/h2-20,28H,1H3,(H,30,31)/b18-16+. The molecule has 4 heteroatoms. The minimum atomic E-state index is -0.275. The number of aryl methyl sites for hydroxylation is 1. The van der Waals surface area contributed by atoms with Crippen molar-refractivity contribution in [2.24, 2.45) is 0 Å². The maximum atomic E-state index is 12.2. The molecule has 4 rings (SSSR count). The van der Waals surface area contributed by atoms with E-state index in [4.69, 9.17) is 4.74 Å². The predicted molar refractivity (Wildman–Crippen MR) is 128 cm³/mol. The van der Waals surface area contributed by atoms with Crippen molar-refractivity contribution in [1.82, 2.24) is 4.98 Å². The molecule has 1 amide bonds. The number of nitrogens with zero attached hydrogens (tertiary/aromatic N) is 1. The van der Waals surface area contributed by atoms with Gasteiger partial charge in [0.15, 0.2) is 6.10 Å². The molecule has 4 aromatic rings. The Hall–Kier alpha value is -4.18. The Morgan fingerprint density at radius 3 is 2.03 bits per heavy atom. The number of benzene rings is 3. The SMILES string of the molecule is Cc1ccc(/C=C/C(=O)Nc2ccc(OC(c3ccccc3)c3ccccc3)nc2)cc1. The molecule has 0 bridgehead atoms. The second-order valence-corrected chi connectivity index (χ2v) is 7.44. The highest BCUT2D eigenvalue weighted by molar-refractivity contribution is 6.01.